The Morgan fingerprint density at radius 1 is 1.11 bits per heavy atom. The summed E-state index contributed by atoms with van der Waals surface area (Å²) in [6, 6.07) is 15.1. The zero-order valence-electron chi connectivity index (χ0n) is 16.0. The molecule has 7 heteroatoms. The van der Waals surface area contributed by atoms with Crippen molar-refractivity contribution in [1.29, 1.82) is 0 Å². The number of benzene rings is 2. The first-order chi connectivity index (χ1) is 13.7. The lowest BCUT2D eigenvalue weighted by atomic mass is 10.1. The predicted molar refractivity (Wildman–Crippen MR) is 108 cm³/mol. The number of halogens is 1. The minimum absolute atomic E-state index is 0.171. The third-order valence-corrected chi connectivity index (χ3v) is 4.21. The smallest absolute Gasteiger partial charge is 0.191 e. The minimum atomic E-state index is -0.171. The number of guanidine groups is 1. The standard InChI is InChI=1S/C21H25FN6/c1-2-24-21(25-11-10-19-8-3-4-9-20(19)22)26-13-17-6-5-7-18(12-17)14-28-16-23-15-27-28/h3-9,12,15-16H,2,10-11,13-14H2,1H3,(H2,24,25,26). The number of aromatic nitrogens is 3. The monoisotopic (exact) mass is 380 g/mol. The number of rotatable bonds is 8. The van der Waals surface area contributed by atoms with Crippen molar-refractivity contribution >= 4 is 5.96 Å². The van der Waals surface area contributed by atoms with Crippen molar-refractivity contribution < 1.29 is 4.39 Å². The third-order valence-electron chi connectivity index (χ3n) is 4.21. The first-order valence-electron chi connectivity index (χ1n) is 9.40. The maximum atomic E-state index is 13.7. The highest BCUT2D eigenvalue weighted by atomic mass is 19.1. The molecule has 0 fully saturated rings. The van der Waals surface area contributed by atoms with Crippen molar-refractivity contribution in [3.05, 3.63) is 83.7 Å². The van der Waals surface area contributed by atoms with Crippen LogP contribution in [0, 0.1) is 5.82 Å². The Kier molecular flexibility index (Phi) is 7.12. The molecule has 0 aliphatic rings. The van der Waals surface area contributed by atoms with Crippen molar-refractivity contribution in [3.8, 4) is 0 Å². The van der Waals surface area contributed by atoms with Crippen LogP contribution in [0.15, 0.2) is 66.2 Å². The molecule has 6 nitrogen and oxygen atoms in total. The van der Waals surface area contributed by atoms with E-state index < -0.39 is 0 Å². The minimum Gasteiger partial charge on any atom is -0.357 e. The van der Waals surface area contributed by atoms with Crippen LogP contribution in [0.5, 0.6) is 0 Å². The van der Waals surface area contributed by atoms with Crippen LogP contribution in [0.25, 0.3) is 0 Å². The fourth-order valence-electron chi connectivity index (χ4n) is 2.86. The number of nitrogens with zero attached hydrogens (tertiary/aromatic N) is 4. The fraction of sp³-hybridized carbons (Fsp3) is 0.286. The Hall–Kier alpha value is -3.22. The summed E-state index contributed by atoms with van der Waals surface area (Å²) in [4.78, 5) is 8.61. The van der Waals surface area contributed by atoms with E-state index in [0.717, 1.165) is 23.6 Å². The number of nitrogens with one attached hydrogen (secondary N) is 2. The van der Waals surface area contributed by atoms with E-state index >= 15 is 0 Å². The van der Waals surface area contributed by atoms with Crippen LogP contribution in [0.4, 0.5) is 4.39 Å². The Bertz CT molecular complexity index is 891. The van der Waals surface area contributed by atoms with Crippen molar-refractivity contribution in [3.63, 3.8) is 0 Å². The third kappa shape index (κ3) is 5.90. The molecule has 1 aromatic heterocycles. The Labute approximate surface area is 164 Å². The van der Waals surface area contributed by atoms with E-state index in [2.05, 4.69) is 43.9 Å². The normalized spacial score (nSPS) is 11.4. The van der Waals surface area contributed by atoms with Gasteiger partial charge in [0.25, 0.3) is 0 Å². The van der Waals surface area contributed by atoms with Crippen LogP contribution in [-0.2, 0) is 19.5 Å². The second-order valence-electron chi connectivity index (χ2n) is 6.38. The maximum absolute atomic E-state index is 13.7. The zero-order valence-corrected chi connectivity index (χ0v) is 16.0. The van der Waals surface area contributed by atoms with Gasteiger partial charge in [-0.05, 0) is 36.1 Å². The largest absolute Gasteiger partial charge is 0.357 e. The molecule has 2 aromatic carbocycles. The number of hydrogen-bond donors (Lipinski definition) is 2. The Morgan fingerprint density at radius 2 is 1.96 bits per heavy atom. The second-order valence-corrected chi connectivity index (χ2v) is 6.38. The molecule has 0 atom stereocenters. The molecule has 0 aliphatic heterocycles. The summed E-state index contributed by atoms with van der Waals surface area (Å²) in [5, 5.41) is 10.6. The lowest BCUT2D eigenvalue weighted by Crippen LogP contribution is -2.38. The van der Waals surface area contributed by atoms with E-state index in [9.17, 15) is 4.39 Å². The Morgan fingerprint density at radius 3 is 2.75 bits per heavy atom. The van der Waals surface area contributed by atoms with Crippen molar-refractivity contribution in [2.45, 2.75) is 26.4 Å². The van der Waals surface area contributed by atoms with Gasteiger partial charge in [0.1, 0.15) is 18.5 Å². The first kappa shape index (κ1) is 19.5. The van der Waals surface area contributed by atoms with Gasteiger partial charge in [0.05, 0.1) is 13.1 Å². The van der Waals surface area contributed by atoms with Gasteiger partial charge >= 0.3 is 0 Å². The van der Waals surface area contributed by atoms with Gasteiger partial charge < -0.3 is 10.6 Å². The van der Waals surface area contributed by atoms with Crippen LogP contribution in [0.1, 0.15) is 23.6 Å². The second kappa shape index (κ2) is 10.2. The van der Waals surface area contributed by atoms with Gasteiger partial charge in [-0.25, -0.2) is 19.0 Å². The summed E-state index contributed by atoms with van der Waals surface area (Å²) in [7, 11) is 0. The predicted octanol–water partition coefficient (Wildman–Crippen LogP) is 2.76. The summed E-state index contributed by atoms with van der Waals surface area (Å²) in [5.41, 5.74) is 2.96. The fourth-order valence-corrected chi connectivity index (χ4v) is 2.86. The molecule has 0 unspecified atom stereocenters. The van der Waals surface area contributed by atoms with Crippen molar-refractivity contribution in [2.24, 2.45) is 4.99 Å². The van der Waals surface area contributed by atoms with Crippen molar-refractivity contribution in [2.75, 3.05) is 13.1 Å². The maximum Gasteiger partial charge on any atom is 0.191 e. The van der Waals surface area contributed by atoms with Crippen LogP contribution >= 0.6 is 0 Å². The van der Waals surface area contributed by atoms with E-state index in [4.69, 9.17) is 0 Å². The van der Waals surface area contributed by atoms with Crippen LogP contribution in [0.2, 0.25) is 0 Å². The molecule has 0 saturated heterocycles. The quantitative estimate of drug-likeness (QED) is 0.466. The zero-order chi connectivity index (χ0) is 19.6. The molecule has 3 aromatic rings. The van der Waals surface area contributed by atoms with E-state index in [1.165, 1.54) is 12.4 Å². The average molecular weight is 380 g/mol. The summed E-state index contributed by atoms with van der Waals surface area (Å²) in [6.07, 6.45) is 3.84. The van der Waals surface area contributed by atoms with Gasteiger partial charge in [0, 0.05) is 13.1 Å². The molecule has 0 bridgehead atoms. The lowest BCUT2D eigenvalue weighted by Gasteiger charge is -2.12. The highest BCUT2D eigenvalue weighted by Gasteiger charge is 2.03. The highest BCUT2D eigenvalue weighted by molar-refractivity contribution is 5.79. The summed E-state index contributed by atoms with van der Waals surface area (Å²) in [6.45, 7) is 4.63. The first-order valence-corrected chi connectivity index (χ1v) is 9.40. The molecular weight excluding hydrogens is 355 g/mol. The van der Waals surface area contributed by atoms with Gasteiger partial charge in [-0.2, -0.15) is 5.10 Å². The Balaban J connectivity index is 1.57. The number of aliphatic imine (C=N–C) groups is 1. The summed E-state index contributed by atoms with van der Waals surface area (Å²) in [5.74, 6) is 0.552. The van der Waals surface area contributed by atoms with E-state index in [0.29, 0.717) is 31.6 Å². The average Bonchev–Trinajstić information content (AvgIpc) is 3.21. The van der Waals surface area contributed by atoms with E-state index in [1.54, 1.807) is 17.1 Å². The lowest BCUT2D eigenvalue weighted by molar-refractivity contribution is 0.606. The summed E-state index contributed by atoms with van der Waals surface area (Å²) < 4.78 is 15.5. The molecular formula is C21H25FN6. The molecule has 0 aliphatic carbocycles. The molecule has 0 spiro atoms. The molecule has 146 valence electrons. The van der Waals surface area contributed by atoms with Gasteiger partial charge in [-0.3, -0.25) is 0 Å². The van der Waals surface area contributed by atoms with E-state index in [1.807, 2.05) is 25.1 Å². The van der Waals surface area contributed by atoms with Gasteiger partial charge in [-0.1, -0.05) is 42.5 Å². The van der Waals surface area contributed by atoms with Crippen LogP contribution < -0.4 is 10.6 Å². The molecule has 3 rings (SSSR count). The summed E-state index contributed by atoms with van der Waals surface area (Å²) >= 11 is 0. The molecule has 1 heterocycles. The topological polar surface area (TPSA) is 67.1 Å². The molecule has 0 saturated carbocycles. The number of hydrogen-bond acceptors (Lipinski definition) is 3. The molecule has 28 heavy (non-hydrogen) atoms. The van der Waals surface area contributed by atoms with E-state index in [-0.39, 0.29) is 5.82 Å². The van der Waals surface area contributed by atoms with Gasteiger partial charge in [-0.15, -0.1) is 0 Å². The van der Waals surface area contributed by atoms with Crippen molar-refractivity contribution in [1.82, 2.24) is 25.4 Å². The van der Waals surface area contributed by atoms with Crippen LogP contribution in [0.3, 0.4) is 0 Å². The SMILES string of the molecule is CCNC(=NCc1cccc(Cn2cncn2)c1)NCCc1ccccc1F. The van der Waals surface area contributed by atoms with Gasteiger partial charge in [0.2, 0.25) is 0 Å². The molecule has 0 amide bonds. The van der Waals surface area contributed by atoms with Gasteiger partial charge in [0.15, 0.2) is 5.96 Å². The molecule has 0 radical (unpaired) electrons. The highest BCUT2D eigenvalue weighted by Crippen LogP contribution is 2.08. The molecule has 2 N–H and O–H groups in total. The van der Waals surface area contributed by atoms with Crippen LogP contribution in [-0.4, -0.2) is 33.8 Å².